The van der Waals surface area contributed by atoms with Crippen LogP contribution in [0.5, 0.6) is 0 Å². The molecule has 0 spiro atoms. The smallest absolute Gasteiger partial charge is 0.00239 e. The van der Waals surface area contributed by atoms with E-state index < -0.39 is 0 Å². The van der Waals surface area contributed by atoms with E-state index in [4.69, 9.17) is 5.73 Å². The molecule has 0 aliphatic rings. The van der Waals surface area contributed by atoms with E-state index in [0.29, 0.717) is 0 Å². The van der Waals surface area contributed by atoms with Gasteiger partial charge in [0.2, 0.25) is 0 Å². The number of nitrogens with two attached hydrogens (primary N) is 2. The van der Waals surface area contributed by atoms with Crippen molar-refractivity contribution in [1.29, 1.82) is 0 Å². The minimum Gasteiger partial charge on any atom is -0.404 e. The molecule has 0 aliphatic carbocycles. The van der Waals surface area contributed by atoms with E-state index in [0.717, 1.165) is 12.8 Å². The molecule has 0 bridgehead atoms. The third kappa shape index (κ3) is 12.8. The molecule has 1 aromatic carbocycles. The maximum atomic E-state index is 5.49. The number of hydrogen-bond acceptors (Lipinski definition) is 2. The fraction of sp³-hybridized carbons (Fsp3) is 0.333. The molecule has 4 N–H and O–H groups in total. The molecule has 0 unspecified atom stereocenters. The second-order valence-corrected chi connectivity index (χ2v) is 7.59. The summed E-state index contributed by atoms with van der Waals surface area (Å²) in [6, 6.07) is 8.61. The van der Waals surface area contributed by atoms with Crippen LogP contribution in [-0.2, 0) is 6.42 Å². The van der Waals surface area contributed by atoms with Crippen molar-refractivity contribution in [3.05, 3.63) is 112 Å². The summed E-state index contributed by atoms with van der Waals surface area (Å²) in [5.41, 5.74) is 20.3. The average molecular weight is 435 g/mol. The first-order chi connectivity index (χ1) is 15.2. The van der Waals surface area contributed by atoms with E-state index in [1.54, 1.807) is 12.3 Å². The monoisotopic (exact) mass is 434 g/mol. The van der Waals surface area contributed by atoms with E-state index in [9.17, 15) is 0 Å². The first-order valence-corrected chi connectivity index (χ1v) is 11.2. The molecule has 0 heterocycles. The van der Waals surface area contributed by atoms with Crippen LogP contribution in [-0.4, -0.2) is 7.05 Å². The van der Waals surface area contributed by atoms with Crippen molar-refractivity contribution in [2.75, 3.05) is 7.05 Å². The zero-order valence-corrected chi connectivity index (χ0v) is 21.8. The fourth-order valence-corrected chi connectivity index (χ4v) is 3.06. The first kappa shape index (κ1) is 31.3. The van der Waals surface area contributed by atoms with Gasteiger partial charge in [-0.1, -0.05) is 91.4 Å². The molecule has 176 valence electrons. The highest BCUT2D eigenvalue weighted by molar-refractivity contribution is 5.48. The SMILES string of the molecule is C=C\C=C(C)/C=C(C)/C(=C\N)CC.C=Cc1ccc(CC(=C(C)C)/C(C)=C\C)cc1.CN. The van der Waals surface area contributed by atoms with Gasteiger partial charge in [-0.05, 0) is 95.5 Å². The highest BCUT2D eigenvalue weighted by atomic mass is 14.5. The van der Waals surface area contributed by atoms with E-state index >= 15 is 0 Å². The molecule has 1 aromatic rings. The average Bonchev–Trinajstić information content (AvgIpc) is 2.79. The second-order valence-electron chi connectivity index (χ2n) is 7.59. The van der Waals surface area contributed by atoms with Crippen molar-refractivity contribution in [1.82, 2.24) is 0 Å². The minimum absolute atomic E-state index is 0.972. The third-order valence-electron chi connectivity index (χ3n) is 5.02. The van der Waals surface area contributed by atoms with Gasteiger partial charge >= 0.3 is 0 Å². The molecule has 32 heavy (non-hydrogen) atoms. The quantitative estimate of drug-likeness (QED) is 0.406. The molecule has 0 atom stereocenters. The molecule has 2 nitrogen and oxygen atoms in total. The molecule has 2 heteroatoms. The van der Waals surface area contributed by atoms with Crippen LogP contribution in [0.2, 0.25) is 0 Å². The predicted octanol–water partition coefficient (Wildman–Crippen LogP) is 8.07. The Morgan fingerprint density at radius 1 is 0.938 bits per heavy atom. The van der Waals surface area contributed by atoms with E-state index in [2.05, 4.69) is 104 Å². The molecule has 0 aliphatic heterocycles. The standard InChI is InChI=1S/C17H22.C12H19N.CH5N/c1-6-14(5)17(13(3)4)12-16-10-8-15(7-2)9-11-16;1-5-7-10(3)8-11(4)12(6-2)9-13;1-2/h6-11H,2,12H2,1,3-5H3;5,7-9H,1,6,13H2,2-4H3;2H2,1H3/b14-6-;10-7-,11-8+,12-9-;. The summed E-state index contributed by atoms with van der Waals surface area (Å²) in [6.45, 7) is 22.3. The normalized spacial score (nSPS) is 12.0. The molecule has 0 radical (unpaired) electrons. The molecule has 0 saturated carbocycles. The van der Waals surface area contributed by atoms with Crippen LogP contribution < -0.4 is 11.5 Å². The lowest BCUT2D eigenvalue weighted by Gasteiger charge is -2.11. The van der Waals surface area contributed by atoms with Crippen LogP contribution >= 0.6 is 0 Å². The molecular weight excluding hydrogens is 388 g/mol. The Labute approximate surface area is 198 Å². The van der Waals surface area contributed by atoms with Crippen molar-refractivity contribution in [2.24, 2.45) is 11.5 Å². The number of benzene rings is 1. The topological polar surface area (TPSA) is 52.0 Å². The Bertz CT molecular complexity index is 837. The van der Waals surface area contributed by atoms with Gasteiger partial charge < -0.3 is 11.5 Å². The Kier molecular flexibility index (Phi) is 18.5. The van der Waals surface area contributed by atoms with Crippen molar-refractivity contribution in [3.63, 3.8) is 0 Å². The summed E-state index contributed by atoms with van der Waals surface area (Å²) in [4.78, 5) is 0. The summed E-state index contributed by atoms with van der Waals surface area (Å²) >= 11 is 0. The molecule has 1 rings (SSSR count). The van der Waals surface area contributed by atoms with Crippen LogP contribution in [0.1, 0.15) is 66.0 Å². The van der Waals surface area contributed by atoms with Gasteiger partial charge in [-0.3, -0.25) is 0 Å². The van der Waals surface area contributed by atoms with Gasteiger partial charge in [-0.15, -0.1) is 0 Å². The van der Waals surface area contributed by atoms with E-state index in [-0.39, 0.29) is 0 Å². The summed E-state index contributed by atoms with van der Waals surface area (Å²) in [7, 11) is 1.50. The van der Waals surface area contributed by atoms with Crippen molar-refractivity contribution in [2.45, 2.75) is 61.3 Å². The Morgan fingerprint density at radius 2 is 1.50 bits per heavy atom. The van der Waals surface area contributed by atoms with Crippen LogP contribution in [0.25, 0.3) is 6.08 Å². The molecule has 0 amide bonds. The Hall–Kier alpha value is -2.84. The van der Waals surface area contributed by atoms with E-state index in [1.165, 1.54) is 51.6 Å². The highest BCUT2D eigenvalue weighted by Gasteiger charge is 2.03. The van der Waals surface area contributed by atoms with Crippen molar-refractivity contribution >= 4 is 6.08 Å². The van der Waals surface area contributed by atoms with Gasteiger partial charge in [-0.25, -0.2) is 0 Å². The van der Waals surface area contributed by atoms with Crippen LogP contribution in [0, 0.1) is 0 Å². The number of allylic oxidation sites excluding steroid dienone is 10. The Balaban J connectivity index is 0. The largest absolute Gasteiger partial charge is 0.404 e. The predicted molar refractivity (Wildman–Crippen MR) is 148 cm³/mol. The molecule has 0 saturated heterocycles. The zero-order chi connectivity index (χ0) is 25.1. The van der Waals surface area contributed by atoms with Crippen LogP contribution in [0.3, 0.4) is 0 Å². The summed E-state index contributed by atoms with van der Waals surface area (Å²) in [6.07, 6.45) is 13.6. The molecule has 0 fully saturated rings. The van der Waals surface area contributed by atoms with Crippen LogP contribution in [0.15, 0.2) is 101 Å². The van der Waals surface area contributed by atoms with Crippen LogP contribution in [0.4, 0.5) is 0 Å². The summed E-state index contributed by atoms with van der Waals surface area (Å²) in [5.74, 6) is 0. The van der Waals surface area contributed by atoms with E-state index in [1.807, 2.05) is 12.2 Å². The van der Waals surface area contributed by atoms with Gasteiger partial charge in [0, 0.05) is 0 Å². The lowest BCUT2D eigenvalue weighted by Crippen LogP contribution is -1.95. The zero-order valence-electron chi connectivity index (χ0n) is 21.8. The van der Waals surface area contributed by atoms with Gasteiger partial charge in [0.1, 0.15) is 0 Å². The number of rotatable bonds is 8. The first-order valence-electron chi connectivity index (χ1n) is 11.2. The molecule has 0 aromatic heterocycles. The third-order valence-corrected chi connectivity index (χ3v) is 5.02. The van der Waals surface area contributed by atoms with Crippen molar-refractivity contribution in [3.8, 4) is 0 Å². The molecular formula is C30H46N2. The van der Waals surface area contributed by atoms with Gasteiger partial charge in [0.25, 0.3) is 0 Å². The summed E-state index contributed by atoms with van der Waals surface area (Å²) < 4.78 is 0. The second kappa shape index (κ2) is 18.9. The highest BCUT2D eigenvalue weighted by Crippen LogP contribution is 2.20. The van der Waals surface area contributed by atoms with Gasteiger partial charge in [0.05, 0.1) is 0 Å². The lowest BCUT2D eigenvalue weighted by molar-refractivity contribution is 1.09. The Morgan fingerprint density at radius 3 is 1.88 bits per heavy atom. The summed E-state index contributed by atoms with van der Waals surface area (Å²) in [5, 5.41) is 0. The van der Waals surface area contributed by atoms with Gasteiger partial charge in [0.15, 0.2) is 0 Å². The minimum atomic E-state index is 0.972. The maximum absolute atomic E-state index is 5.49. The van der Waals surface area contributed by atoms with Crippen molar-refractivity contribution < 1.29 is 0 Å². The fourth-order valence-electron chi connectivity index (χ4n) is 3.06. The number of hydrogen-bond donors (Lipinski definition) is 2. The van der Waals surface area contributed by atoms with Gasteiger partial charge in [-0.2, -0.15) is 0 Å². The lowest BCUT2D eigenvalue weighted by atomic mass is 9.95. The maximum Gasteiger partial charge on any atom is -0.00239 e.